The Balaban J connectivity index is 1.49. The molecule has 4 rings (SSSR count). The maximum absolute atomic E-state index is 12.8. The van der Waals surface area contributed by atoms with Crippen LogP contribution in [0.15, 0.2) is 12.7 Å². The van der Waals surface area contributed by atoms with Gasteiger partial charge in [0.2, 0.25) is 5.91 Å². The predicted octanol–water partition coefficient (Wildman–Crippen LogP) is -0.0217. The number of carbonyl (C=O) groups excluding carboxylic acids is 1. The number of hydrogen-bond donors (Lipinski definition) is 1. The fraction of sp³-hybridized carbons (Fsp3) is 0.600. The molecule has 2 aliphatic heterocycles. The Labute approximate surface area is 145 Å². The standard InChI is InChI=1S/C15H20N6O3S/c16-13-12-14(18-9-17-13)20(10-19-12)6-2-11(22)21-5-1-3-15(21)4-7-25(23,24)8-15/h9-10H,1-8H2,(H2,16,17,18). The lowest BCUT2D eigenvalue weighted by atomic mass is 9.95. The number of nitrogen functional groups attached to an aromatic ring is 1. The largest absolute Gasteiger partial charge is 0.382 e. The Morgan fingerprint density at radius 1 is 1.28 bits per heavy atom. The molecule has 0 radical (unpaired) electrons. The summed E-state index contributed by atoms with van der Waals surface area (Å²) in [5.74, 6) is 0.575. The molecule has 2 aromatic heterocycles. The van der Waals surface area contributed by atoms with Gasteiger partial charge in [-0.15, -0.1) is 0 Å². The third-order valence-electron chi connectivity index (χ3n) is 5.26. The topological polar surface area (TPSA) is 124 Å². The quantitative estimate of drug-likeness (QED) is 0.811. The number of carbonyl (C=O) groups is 1. The molecule has 2 N–H and O–H groups in total. The third-order valence-corrected chi connectivity index (χ3v) is 7.06. The van der Waals surface area contributed by atoms with Crippen molar-refractivity contribution in [3.05, 3.63) is 12.7 Å². The summed E-state index contributed by atoms with van der Waals surface area (Å²) in [5.41, 5.74) is 6.40. The minimum atomic E-state index is -3.04. The van der Waals surface area contributed by atoms with Crippen molar-refractivity contribution in [2.24, 2.45) is 0 Å². The van der Waals surface area contributed by atoms with Crippen molar-refractivity contribution < 1.29 is 13.2 Å². The monoisotopic (exact) mass is 364 g/mol. The van der Waals surface area contributed by atoms with Gasteiger partial charge in [0.05, 0.1) is 23.4 Å². The van der Waals surface area contributed by atoms with E-state index in [9.17, 15) is 13.2 Å². The average Bonchev–Trinajstić information content (AvgIpc) is 3.24. The van der Waals surface area contributed by atoms with Crippen LogP contribution in [0.5, 0.6) is 0 Å². The van der Waals surface area contributed by atoms with E-state index in [1.54, 1.807) is 15.8 Å². The summed E-state index contributed by atoms with van der Waals surface area (Å²) in [6.45, 7) is 1.05. The molecule has 0 aromatic carbocycles. The van der Waals surface area contributed by atoms with Crippen LogP contribution in [0.4, 0.5) is 5.82 Å². The second-order valence-electron chi connectivity index (χ2n) is 6.83. The number of imidazole rings is 1. The predicted molar refractivity (Wildman–Crippen MR) is 91.3 cm³/mol. The van der Waals surface area contributed by atoms with E-state index in [-0.39, 0.29) is 23.8 Å². The van der Waals surface area contributed by atoms with E-state index >= 15 is 0 Å². The maximum atomic E-state index is 12.8. The van der Waals surface area contributed by atoms with Crippen LogP contribution in [0.2, 0.25) is 0 Å². The highest BCUT2D eigenvalue weighted by Gasteiger charge is 2.50. The number of aromatic nitrogens is 4. The van der Waals surface area contributed by atoms with E-state index in [1.165, 1.54) is 6.33 Å². The first-order valence-electron chi connectivity index (χ1n) is 8.32. The summed E-state index contributed by atoms with van der Waals surface area (Å²) in [4.78, 5) is 26.8. The average molecular weight is 364 g/mol. The lowest BCUT2D eigenvalue weighted by Gasteiger charge is -2.34. The first-order valence-corrected chi connectivity index (χ1v) is 10.1. The number of sulfone groups is 1. The Kier molecular flexibility index (Phi) is 3.67. The summed E-state index contributed by atoms with van der Waals surface area (Å²) in [6, 6.07) is 0. The van der Waals surface area contributed by atoms with Gasteiger partial charge >= 0.3 is 0 Å². The smallest absolute Gasteiger partial charge is 0.224 e. The molecule has 2 saturated heterocycles. The fourth-order valence-corrected chi connectivity index (χ4v) is 6.15. The molecule has 1 spiro atoms. The number of anilines is 1. The molecule has 4 heterocycles. The van der Waals surface area contributed by atoms with Crippen molar-refractivity contribution in [1.29, 1.82) is 0 Å². The van der Waals surface area contributed by atoms with Crippen LogP contribution in [-0.2, 0) is 21.2 Å². The van der Waals surface area contributed by atoms with Crippen molar-refractivity contribution in [3.8, 4) is 0 Å². The van der Waals surface area contributed by atoms with Crippen molar-refractivity contribution in [1.82, 2.24) is 24.4 Å². The summed E-state index contributed by atoms with van der Waals surface area (Å²) in [6.07, 6.45) is 5.43. The van der Waals surface area contributed by atoms with Gasteiger partial charge in [-0.3, -0.25) is 4.79 Å². The van der Waals surface area contributed by atoms with Crippen LogP contribution >= 0.6 is 0 Å². The number of likely N-dealkylation sites (tertiary alicyclic amines) is 1. The van der Waals surface area contributed by atoms with Gasteiger partial charge in [0, 0.05) is 19.5 Å². The molecule has 0 bridgehead atoms. The van der Waals surface area contributed by atoms with E-state index in [0.717, 1.165) is 12.8 Å². The summed E-state index contributed by atoms with van der Waals surface area (Å²) >= 11 is 0. The second kappa shape index (κ2) is 5.65. The van der Waals surface area contributed by atoms with Gasteiger partial charge in [-0.1, -0.05) is 0 Å². The first kappa shape index (κ1) is 16.2. The molecular formula is C15H20N6O3S. The second-order valence-corrected chi connectivity index (χ2v) is 9.02. The first-order chi connectivity index (χ1) is 11.9. The van der Waals surface area contributed by atoms with Gasteiger partial charge in [-0.2, -0.15) is 0 Å². The molecule has 1 unspecified atom stereocenters. The van der Waals surface area contributed by atoms with Gasteiger partial charge in [0.1, 0.15) is 11.8 Å². The number of aryl methyl sites for hydroxylation is 1. The van der Waals surface area contributed by atoms with Crippen LogP contribution in [0.1, 0.15) is 25.7 Å². The molecular weight excluding hydrogens is 344 g/mol. The van der Waals surface area contributed by atoms with Crippen molar-refractivity contribution in [2.75, 3.05) is 23.8 Å². The number of nitrogens with two attached hydrogens (primary N) is 1. The molecule has 9 nitrogen and oxygen atoms in total. The molecule has 10 heteroatoms. The minimum Gasteiger partial charge on any atom is -0.382 e. The number of rotatable bonds is 3. The van der Waals surface area contributed by atoms with Crippen molar-refractivity contribution in [3.63, 3.8) is 0 Å². The van der Waals surface area contributed by atoms with Crippen molar-refractivity contribution >= 4 is 32.7 Å². The lowest BCUT2D eigenvalue weighted by Crippen LogP contribution is -2.48. The van der Waals surface area contributed by atoms with E-state index in [4.69, 9.17) is 5.73 Å². The highest BCUT2D eigenvalue weighted by Crippen LogP contribution is 2.39. The third kappa shape index (κ3) is 2.74. The molecule has 2 aromatic rings. The van der Waals surface area contributed by atoms with Crippen LogP contribution in [0.25, 0.3) is 11.2 Å². The number of nitrogens with zero attached hydrogens (tertiary/aromatic N) is 5. The molecule has 1 amide bonds. The van der Waals surface area contributed by atoms with Crippen molar-refractivity contribution in [2.45, 2.75) is 37.8 Å². The molecule has 134 valence electrons. The fourth-order valence-electron chi connectivity index (χ4n) is 4.05. The zero-order valence-corrected chi connectivity index (χ0v) is 14.6. The normalized spacial score (nSPS) is 25.2. The Hall–Kier alpha value is -2.23. The molecule has 0 saturated carbocycles. The number of hydrogen-bond acceptors (Lipinski definition) is 7. The minimum absolute atomic E-state index is 0.0153. The van der Waals surface area contributed by atoms with Crippen LogP contribution in [0, 0.1) is 0 Å². The molecule has 2 aliphatic rings. The Morgan fingerprint density at radius 3 is 2.88 bits per heavy atom. The van der Waals surface area contributed by atoms with Gasteiger partial charge in [-0.05, 0) is 19.3 Å². The van der Waals surface area contributed by atoms with Crippen LogP contribution in [-0.4, -0.2) is 62.3 Å². The summed E-state index contributed by atoms with van der Waals surface area (Å²) in [7, 11) is -3.04. The van der Waals surface area contributed by atoms with Gasteiger partial charge in [-0.25, -0.2) is 23.4 Å². The summed E-state index contributed by atoms with van der Waals surface area (Å²) < 4.78 is 25.6. The van der Waals surface area contributed by atoms with Gasteiger partial charge < -0.3 is 15.2 Å². The van der Waals surface area contributed by atoms with E-state index in [0.29, 0.717) is 36.5 Å². The molecule has 1 atom stereocenters. The van der Waals surface area contributed by atoms with Crippen LogP contribution in [0.3, 0.4) is 0 Å². The van der Waals surface area contributed by atoms with E-state index in [1.807, 2.05) is 0 Å². The SMILES string of the molecule is Nc1ncnc2c1ncn2CCC(=O)N1CCCC12CCS(=O)(=O)C2. The van der Waals surface area contributed by atoms with Gasteiger partial charge in [0.25, 0.3) is 0 Å². The Morgan fingerprint density at radius 2 is 2.12 bits per heavy atom. The molecule has 2 fully saturated rings. The zero-order chi connectivity index (χ0) is 17.7. The number of fused-ring (bicyclic) bond motifs is 1. The lowest BCUT2D eigenvalue weighted by molar-refractivity contribution is -0.134. The highest BCUT2D eigenvalue weighted by atomic mass is 32.2. The van der Waals surface area contributed by atoms with E-state index in [2.05, 4.69) is 15.0 Å². The van der Waals surface area contributed by atoms with Crippen LogP contribution < -0.4 is 5.73 Å². The maximum Gasteiger partial charge on any atom is 0.224 e. The summed E-state index contributed by atoms with van der Waals surface area (Å²) in [5, 5.41) is 0. The van der Waals surface area contributed by atoms with Gasteiger partial charge in [0.15, 0.2) is 21.3 Å². The van der Waals surface area contributed by atoms with E-state index < -0.39 is 15.4 Å². The highest BCUT2D eigenvalue weighted by molar-refractivity contribution is 7.91. The Bertz CT molecular complexity index is 940. The zero-order valence-electron chi connectivity index (χ0n) is 13.8. The molecule has 0 aliphatic carbocycles. The number of amides is 1. The molecule has 25 heavy (non-hydrogen) atoms.